The predicted molar refractivity (Wildman–Crippen MR) is 53.1 cm³/mol. The summed E-state index contributed by atoms with van der Waals surface area (Å²) in [5, 5.41) is 8.64. The molecule has 0 N–H and O–H groups in total. The number of benzene rings is 1. The van der Waals surface area contributed by atoms with Gasteiger partial charge in [0.05, 0.1) is 5.70 Å². The van der Waals surface area contributed by atoms with Crippen molar-refractivity contribution < 1.29 is 0 Å². The highest BCUT2D eigenvalue weighted by Crippen LogP contribution is 2.09. The first-order valence-corrected chi connectivity index (χ1v) is 4.26. The molecule has 0 saturated carbocycles. The van der Waals surface area contributed by atoms with E-state index in [4.69, 9.17) is 0 Å². The molecule has 0 saturated heterocycles. The maximum Gasteiger partial charge on any atom is 0.113 e. The minimum Gasteiger partial charge on any atom is -0.155 e. The van der Waals surface area contributed by atoms with Crippen molar-refractivity contribution in [3.05, 3.63) is 30.3 Å². The van der Waals surface area contributed by atoms with Gasteiger partial charge in [-0.25, -0.2) is 0 Å². The lowest BCUT2D eigenvalue weighted by molar-refractivity contribution is 0.778. The van der Waals surface area contributed by atoms with Crippen molar-refractivity contribution >= 4 is 16.7 Å². The fourth-order valence-corrected chi connectivity index (χ4v) is 1.13. The highest BCUT2D eigenvalue weighted by Gasteiger charge is 2.00. The number of fused-ring (bicyclic) bond motifs is 1. The fourth-order valence-electron chi connectivity index (χ4n) is 1.13. The average molecular weight is 173 g/mol. The number of hydrogen-bond acceptors (Lipinski definition) is 2. The van der Waals surface area contributed by atoms with Crippen LogP contribution in [0.1, 0.15) is 13.8 Å². The molecule has 2 rings (SSSR count). The lowest BCUT2D eigenvalue weighted by atomic mass is 10.3. The normalized spacial score (nSPS) is 12.3. The maximum atomic E-state index is 4.32. The minimum absolute atomic E-state index is 0.934. The summed E-state index contributed by atoms with van der Waals surface area (Å²) in [5.74, 6) is 0. The molecular weight excluding hydrogens is 162 g/mol. The van der Waals surface area contributed by atoms with Gasteiger partial charge in [0.15, 0.2) is 0 Å². The Morgan fingerprint density at radius 1 is 1.23 bits per heavy atom. The van der Waals surface area contributed by atoms with Gasteiger partial charge in [0, 0.05) is 0 Å². The van der Waals surface area contributed by atoms with Gasteiger partial charge < -0.3 is 0 Å². The van der Waals surface area contributed by atoms with E-state index in [2.05, 4.69) is 10.2 Å². The van der Waals surface area contributed by atoms with Crippen molar-refractivity contribution in [2.45, 2.75) is 13.8 Å². The molecule has 0 fully saturated rings. The van der Waals surface area contributed by atoms with Gasteiger partial charge in [0.2, 0.25) is 0 Å². The third-order valence-electron chi connectivity index (χ3n) is 2.02. The second-order valence-corrected chi connectivity index (χ2v) is 2.91. The Balaban J connectivity index is 2.62. The van der Waals surface area contributed by atoms with Gasteiger partial charge in [0.25, 0.3) is 0 Å². The molecular formula is C10H11N3. The van der Waals surface area contributed by atoms with E-state index in [0.717, 1.165) is 16.7 Å². The molecule has 13 heavy (non-hydrogen) atoms. The van der Waals surface area contributed by atoms with Gasteiger partial charge in [-0.3, -0.25) is 0 Å². The summed E-state index contributed by atoms with van der Waals surface area (Å²) in [6.07, 6.45) is 1.98. The van der Waals surface area contributed by atoms with Crippen LogP contribution in [0.25, 0.3) is 16.7 Å². The number of allylic oxidation sites excluding steroid dienone is 2. The third-order valence-corrected chi connectivity index (χ3v) is 2.02. The minimum atomic E-state index is 0.934. The number of nitrogens with zero attached hydrogens (tertiary/aromatic N) is 3. The summed E-state index contributed by atoms with van der Waals surface area (Å²) < 4.78 is 0. The molecule has 0 aliphatic carbocycles. The van der Waals surface area contributed by atoms with E-state index in [1.165, 1.54) is 0 Å². The number of rotatable bonds is 1. The molecule has 2 aromatic rings. The lowest BCUT2D eigenvalue weighted by Gasteiger charge is -1.94. The quantitative estimate of drug-likeness (QED) is 0.662. The van der Waals surface area contributed by atoms with E-state index in [1.54, 1.807) is 4.80 Å². The Morgan fingerprint density at radius 2 is 1.77 bits per heavy atom. The van der Waals surface area contributed by atoms with E-state index in [9.17, 15) is 0 Å². The molecule has 1 heterocycles. The monoisotopic (exact) mass is 173 g/mol. The van der Waals surface area contributed by atoms with E-state index in [1.807, 2.05) is 44.2 Å². The highest BCUT2D eigenvalue weighted by molar-refractivity contribution is 5.73. The summed E-state index contributed by atoms with van der Waals surface area (Å²) in [5.41, 5.74) is 2.91. The molecule has 1 aromatic heterocycles. The Kier molecular flexibility index (Phi) is 1.85. The van der Waals surface area contributed by atoms with Crippen LogP contribution in [-0.2, 0) is 0 Å². The van der Waals surface area contributed by atoms with Gasteiger partial charge in [0.1, 0.15) is 11.0 Å². The first kappa shape index (κ1) is 7.98. The first-order valence-electron chi connectivity index (χ1n) is 4.26. The topological polar surface area (TPSA) is 30.7 Å². The van der Waals surface area contributed by atoms with Crippen LogP contribution >= 0.6 is 0 Å². The molecule has 0 radical (unpaired) electrons. The predicted octanol–water partition coefficient (Wildman–Crippen LogP) is 2.31. The van der Waals surface area contributed by atoms with Crippen molar-refractivity contribution in [3.8, 4) is 0 Å². The van der Waals surface area contributed by atoms with Crippen LogP contribution < -0.4 is 0 Å². The molecule has 0 unspecified atom stereocenters. The number of aromatic nitrogens is 3. The molecule has 66 valence electrons. The standard InChI is InChI=1S/C10H11N3/c1-3-8(2)13-11-9-6-4-5-7-10(9)12-13/h3-7H,1-2H3. The van der Waals surface area contributed by atoms with Gasteiger partial charge in [-0.15, -0.1) is 10.2 Å². The Labute approximate surface area is 76.7 Å². The second kappa shape index (κ2) is 3.01. The van der Waals surface area contributed by atoms with Gasteiger partial charge in [-0.05, 0) is 26.0 Å². The molecule has 0 bridgehead atoms. The molecule has 0 aliphatic rings. The summed E-state index contributed by atoms with van der Waals surface area (Å²) in [6.45, 7) is 3.96. The average Bonchev–Trinajstić information content (AvgIpc) is 2.59. The van der Waals surface area contributed by atoms with Crippen LogP contribution in [0.5, 0.6) is 0 Å². The van der Waals surface area contributed by atoms with Crippen molar-refractivity contribution in [2.75, 3.05) is 0 Å². The van der Waals surface area contributed by atoms with Crippen LogP contribution in [0, 0.1) is 0 Å². The Hall–Kier alpha value is -1.64. The molecule has 0 aliphatic heterocycles. The SMILES string of the molecule is CC=C(C)n1nc2ccccc2n1. The van der Waals surface area contributed by atoms with Crippen LogP contribution in [0.3, 0.4) is 0 Å². The molecule has 1 aromatic carbocycles. The Bertz CT molecular complexity index is 421. The van der Waals surface area contributed by atoms with E-state index >= 15 is 0 Å². The zero-order valence-electron chi connectivity index (χ0n) is 7.73. The smallest absolute Gasteiger partial charge is 0.113 e. The summed E-state index contributed by atoms with van der Waals surface area (Å²) >= 11 is 0. The zero-order chi connectivity index (χ0) is 9.26. The molecule has 0 spiro atoms. The van der Waals surface area contributed by atoms with Crippen LogP contribution in [0.15, 0.2) is 30.3 Å². The van der Waals surface area contributed by atoms with Gasteiger partial charge >= 0.3 is 0 Å². The number of hydrogen-bond donors (Lipinski definition) is 0. The van der Waals surface area contributed by atoms with Gasteiger partial charge in [-0.2, -0.15) is 4.80 Å². The van der Waals surface area contributed by atoms with Crippen LogP contribution in [0.2, 0.25) is 0 Å². The van der Waals surface area contributed by atoms with Crippen LogP contribution in [-0.4, -0.2) is 15.0 Å². The molecule has 0 atom stereocenters. The molecule has 0 amide bonds. The first-order chi connectivity index (χ1) is 6.31. The summed E-state index contributed by atoms with van der Waals surface area (Å²) in [4.78, 5) is 1.66. The third kappa shape index (κ3) is 1.33. The van der Waals surface area contributed by atoms with Crippen molar-refractivity contribution in [1.29, 1.82) is 0 Å². The van der Waals surface area contributed by atoms with E-state index in [-0.39, 0.29) is 0 Å². The van der Waals surface area contributed by atoms with E-state index in [0.29, 0.717) is 0 Å². The fraction of sp³-hybridized carbons (Fsp3) is 0.200. The molecule has 3 nitrogen and oxygen atoms in total. The largest absolute Gasteiger partial charge is 0.155 e. The van der Waals surface area contributed by atoms with Crippen molar-refractivity contribution in [2.24, 2.45) is 0 Å². The zero-order valence-corrected chi connectivity index (χ0v) is 7.73. The summed E-state index contributed by atoms with van der Waals surface area (Å²) in [6, 6.07) is 7.85. The summed E-state index contributed by atoms with van der Waals surface area (Å²) in [7, 11) is 0. The van der Waals surface area contributed by atoms with Gasteiger partial charge in [-0.1, -0.05) is 18.2 Å². The Morgan fingerprint density at radius 3 is 2.23 bits per heavy atom. The maximum absolute atomic E-state index is 4.32. The highest BCUT2D eigenvalue weighted by atomic mass is 15.5. The van der Waals surface area contributed by atoms with Crippen molar-refractivity contribution in [1.82, 2.24) is 15.0 Å². The van der Waals surface area contributed by atoms with Crippen LogP contribution in [0.4, 0.5) is 0 Å². The second-order valence-electron chi connectivity index (χ2n) is 2.91. The lowest BCUT2D eigenvalue weighted by Crippen LogP contribution is -1.97. The van der Waals surface area contributed by atoms with Crippen molar-refractivity contribution in [3.63, 3.8) is 0 Å². The van der Waals surface area contributed by atoms with E-state index < -0.39 is 0 Å². The molecule has 3 heteroatoms.